The van der Waals surface area contributed by atoms with Crippen molar-refractivity contribution in [3.8, 4) is 0 Å². The van der Waals surface area contributed by atoms with E-state index in [0.29, 0.717) is 5.92 Å². The summed E-state index contributed by atoms with van der Waals surface area (Å²) in [5.41, 5.74) is 8.61. The summed E-state index contributed by atoms with van der Waals surface area (Å²) in [6, 6.07) is 21.2. The Balaban J connectivity index is 1.97. The van der Waals surface area contributed by atoms with Crippen molar-refractivity contribution in [2.24, 2.45) is 5.73 Å². The Labute approximate surface area is 103 Å². The second-order valence-corrected chi connectivity index (χ2v) is 4.37. The molecule has 0 radical (unpaired) electrons. The smallest absolute Gasteiger partial charge is 0.000812 e. The lowest BCUT2D eigenvalue weighted by Gasteiger charge is -2.15. The van der Waals surface area contributed by atoms with Gasteiger partial charge in [0.1, 0.15) is 0 Å². The van der Waals surface area contributed by atoms with Crippen LogP contribution in [-0.2, 0) is 6.42 Å². The molecule has 0 amide bonds. The van der Waals surface area contributed by atoms with E-state index < -0.39 is 0 Å². The van der Waals surface area contributed by atoms with Crippen molar-refractivity contribution in [3.63, 3.8) is 0 Å². The van der Waals surface area contributed by atoms with Crippen molar-refractivity contribution in [3.05, 3.63) is 71.8 Å². The van der Waals surface area contributed by atoms with E-state index in [0.717, 1.165) is 19.4 Å². The van der Waals surface area contributed by atoms with Crippen LogP contribution in [-0.4, -0.2) is 6.54 Å². The zero-order chi connectivity index (χ0) is 11.9. The van der Waals surface area contributed by atoms with Crippen molar-refractivity contribution >= 4 is 0 Å². The third-order valence-electron chi connectivity index (χ3n) is 3.18. The molecule has 88 valence electrons. The topological polar surface area (TPSA) is 26.0 Å². The molecule has 0 heterocycles. The number of nitrogens with two attached hydrogens (primary N) is 1. The molecule has 2 aromatic rings. The SMILES string of the molecule is NCC(CCc1ccccc1)c1ccccc1. The summed E-state index contributed by atoms with van der Waals surface area (Å²) in [6.07, 6.45) is 2.21. The average molecular weight is 225 g/mol. The maximum absolute atomic E-state index is 5.87. The van der Waals surface area contributed by atoms with Crippen LogP contribution in [0, 0.1) is 0 Å². The van der Waals surface area contributed by atoms with E-state index in [1.807, 2.05) is 6.07 Å². The molecule has 2 N–H and O–H groups in total. The molecule has 1 heteroatoms. The minimum Gasteiger partial charge on any atom is -0.330 e. The van der Waals surface area contributed by atoms with Gasteiger partial charge in [-0.3, -0.25) is 0 Å². The van der Waals surface area contributed by atoms with E-state index in [4.69, 9.17) is 5.73 Å². The fraction of sp³-hybridized carbons (Fsp3) is 0.250. The second kappa shape index (κ2) is 6.21. The van der Waals surface area contributed by atoms with Gasteiger partial charge in [-0.2, -0.15) is 0 Å². The molecule has 0 aliphatic carbocycles. The van der Waals surface area contributed by atoms with E-state index in [9.17, 15) is 0 Å². The molecule has 0 saturated carbocycles. The van der Waals surface area contributed by atoms with Crippen molar-refractivity contribution in [2.75, 3.05) is 6.54 Å². The predicted octanol–water partition coefficient (Wildman–Crippen LogP) is 3.36. The number of hydrogen-bond acceptors (Lipinski definition) is 1. The lowest BCUT2D eigenvalue weighted by atomic mass is 9.92. The summed E-state index contributed by atoms with van der Waals surface area (Å²) in [5.74, 6) is 0.469. The Kier molecular flexibility index (Phi) is 4.34. The molecular weight excluding hydrogens is 206 g/mol. The first kappa shape index (κ1) is 11.9. The largest absolute Gasteiger partial charge is 0.330 e. The Morgan fingerprint density at radius 2 is 1.41 bits per heavy atom. The van der Waals surface area contributed by atoms with Crippen LogP contribution in [0.3, 0.4) is 0 Å². The molecule has 2 aromatic carbocycles. The van der Waals surface area contributed by atoms with Crippen LogP contribution in [0.2, 0.25) is 0 Å². The van der Waals surface area contributed by atoms with Crippen LogP contribution in [0.4, 0.5) is 0 Å². The third-order valence-corrected chi connectivity index (χ3v) is 3.18. The molecule has 0 aliphatic rings. The van der Waals surface area contributed by atoms with Gasteiger partial charge in [0, 0.05) is 0 Å². The summed E-state index contributed by atoms with van der Waals surface area (Å²) >= 11 is 0. The molecular formula is C16H19N. The molecule has 1 atom stereocenters. The maximum Gasteiger partial charge on any atom is -0.000812 e. The first-order valence-electron chi connectivity index (χ1n) is 6.19. The monoisotopic (exact) mass is 225 g/mol. The lowest BCUT2D eigenvalue weighted by molar-refractivity contribution is 0.634. The summed E-state index contributed by atoms with van der Waals surface area (Å²) in [6.45, 7) is 0.719. The summed E-state index contributed by atoms with van der Waals surface area (Å²) in [4.78, 5) is 0. The molecule has 17 heavy (non-hydrogen) atoms. The highest BCUT2D eigenvalue weighted by Gasteiger charge is 2.08. The van der Waals surface area contributed by atoms with Crippen LogP contribution in [0.1, 0.15) is 23.5 Å². The van der Waals surface area contributed by atoms with Crippen LogP contribution in [0.25, 0.3) is 0 Å². The Morgan fingerprint density at radius 3 is 2.00 bits per heavy atom. The standard InChI is InChI=1S/C16H19N/c17-13-16(15-9-5-2-6-10-15)12-11-14-7-3-1-4-8-14/h1-10,16H,11-13,17H2. The first-order chi connectivity index (χ1) is 8.40. The zero-order valence-corrected chi connectivity index (χ0v) is 10.0. The van der Waals surface area contributed by atoms with Crippen LogP contribution in [0.15, 0.2) is 60.7 Å². The molecule has 0 aliphatic heterocycles. The van der Waals surface area contributed by atoms with E-state index in [1.165, 1.54) is 11.1 Å². The highest BCUT2D eigenvalue weighted by molar-refractivity contribution is 5.21. The number of rotatable bonds is 5. The highest BCUT2D eigenvalue weighted by Crippen LogP contribution is 2.20. The summed E-state index contributed by atoms with van der Waals surface area (Å²) in [5, 5.41) is 0. The van der Waals surface area contributed by atoms with Gasteiger partial charge in [0.15, 0.2) is 0 Å². The van der Waals surface area contributed by atoms with Gasteiger partial charge in [0.25, 0.3) is 0 Å². The first-order valence-corrected chi connectivity index (χ1v) is 6.19. The van der Waals surface area contributed by atoms with Crippen molar-refractivity contribution < 1.29 is 0 Å². The lowest BCUT2D eigenvalue weighted by Crippen LogP contribution is -2.13. The quantitative estimate of drug-likeness (QED) is 0.829. The molecule has 0 spiro atoms. The zero-order valence-electron chi connectivity index (χ0n) is 10.0. The van der Waals surface area contributed by atoms with E-state index >= 15 is 0 Å². The van der Waals surface area contributed by atoms with Gasteiger partial charge in [-0.1, -0.05) is 60.7 Å². The Morgan fingerprint density at radius 1 is 0.824 bits per heavy atom. The van der Waals surface area contributed by atoms with Crippen molar-refractivity contribution in [2.45, 2.75) is 18.8 Å². The number of hydrogen-bond donors (Lipinski definition) is 1. The molecule has 0 aromatic heterocycles. The normalized spacial score (nSPS) is 12.3. The van der Waals surface area contributed by atoms with E-state index in [1.54, 1.807) is 0 Å². The minimum atomic E-state index is 0.469. The predicted molar refractivity (Wildman–Crippen MR) is 73.0 cm³/mol. The molecule has 1 nitrogen and oxygen atoms in total. The van der Waals surface area contributed by atoms with Gasteiger partial charge >= 0.3 is 0 Å². The van der Waals surface area contributed by atoms with Gasteiger partial charge in [0.05, 0.1) is 0 Å². The molecule has 2 rings (SSSR count). The van der Waals surface area contributed by atoms with Gasteiger partial charge < -0.3 is 5.73 Å². The number of benzene rings is 2. The van der Waals surface area contributed by atoms with Crippen LogP contribution in [0.5, 0.6) is 0 Å². The molecule has 0 fully saturated rings. The van der Waals surface area contributed by atoms with Gasteiger partial charge in [-0.05, 0) is 36.4 Å². The fourth-order valence-corrected chi connectivity index (χ4v) is 2.13. The van der Waals surface area contributed by atoms with Crippen molar-refractivity contribution in [1.82, 2.24) is 0 Å². The summed E-state index contributed by atoms with van der Waals surface area (Å²) in [7, 11) is 0. The van der Waals surface area contributed by atoms with E-state index in [-0.39, 0.29) is 0 Å². The van der Waals surface area contributed by atoms with Gasteiger partial charge in [-0.15, -0.1) is 0 Å². The fourth-order valence-electron chi connectivity index (χ4n) is 2.13. The number of aryl methyl sites for hydroxylation is 1. The maximum atomic E-state index is 5.87. The van der Waals surface area contributed by atoms with Gasteiger partial charge in [-0.25, -0.2) is 0 Å². The molecule has 0 bridgehead atoms. The van der Waals surface area contributed by atoms with Crippen molar-refractivity contribution in [1.29, 1.82) is 0 Å². The van der Waals surface area contributed by atoms with E-state index in [2.05, 4.69) is 54.6 Å². The summed E-state index contributed by atoms with van der Waals surface area (Å²) < 4.78 is 0. The van der Waals surface area contributed by atoms with Crippen LogP contribution >= 0.6 is 0 Å². The second-order valence-electron chi connectivity index (χ2n) is 4.37. The van der Waals surface area contributed by atoms with Crippen LogP contribution < -0.4 is 5.73 Å². The minimum absolute atomic E-state index is 0.469. The Bertz CT molecular complexity index is 422. The molecule has 0 saturated heterocycles. The molecule has 1 unspecified atom stereocenters. The highest BCUT2D eigenvalue weighted by atomic mass is 14.5. The average Bonchev–Trinajstić information content (AvgIpc) is 2.42. The third kappa shape index (κ3) is 3.43. The Hall–Kier alpha value is -1.60. The van der Waals surface area contributed by atoms with Gasteiger partial charge in [0.2, 0.25) is 0 Å².